The summed E-state index contributed by atoms with van der Waals surface area (Å²) in [4.78, 5) is 58.3. The summed E-state index contributed by atoms with van der Waals surface area (Å²) in [6.45, 7) is 15.9. The van der Waals surface area contributed by atoms with E-state index in [-0.39, 0.29) is 53.8 Å². The molecule has 1 aliphatic rings. The fraction of sp³-hybridized carbons (Fsp3) is 0.744. The van der Waals surface area contributed by atoms with Crippen LogP contribution >= 0.6 is 0 Å². The molecular weight excluding hydrogens is 650 g/mol. The van der Waals surface area contributed by atoms with Gasteiger partial charge in [-0.3, -0.25) is 19.2 Å². The maximum Gasteiger partial charge on any atom is 0.245 e. The number of benzene rings is 1. The molecule has 1 aliphatic heterocycles. The first-order chi connectivity index (χ1) is 24.0. The van der Waals surface area contributed by atoms with Gasteiger partial charge in [-0.15, -0.1) is 0 Å². The summed E-state index contributed by atoms with van der Waals surface area (Å²) in [6.07, 6.45) is 0.147. The quantitative estimate of drug-likeness (QED) is 0.160. The highest BCUT2D eigenvalue weighted by molar-refractivity contribution is 5.90. The van der Waals surface area contributed by atoms with Gasteiger partial charge in [0.25, 0.3) is 0 Å². The van der Waals surface area contributed by atoms with Gasteiger partial charge in [0.05, 0.1) is 54.8 Å². The summed E-state index contributed by atoms with van der Waals surface area (Å²) >= 11 is 0. The van der Waals surface area contributed by atoms with Crippen molar-refractivity contribution in [2.75, 3.05) is 34.9 Å². The standard InChI is InChI=1S/C39H67N5O7/c1-13-25(6)34(43(10)39(49)33(24(4)5)42-38(48)32(40-9)23(2)3)30(50-11)22-31(45)44-21-17-20-29(44)36(51-12)26(7)37(47)41-27(8)35(46)28-18-15-14-16-19-28/h14-16,18-19,23-27,29-30,32-36,40,46H,13,17,20-22H2,1-12H3,(H,41,47)(H,42,48)/t25-,26+,27+,29-,30+,32-,33-,34-,35+,36?/m0/s1. The Morgan fingerprint density at radius 1 is 0.922 bits per heavy atom. The molecule has 1 heterocycles. The van der Waals surface area contributed by atoms with Crippen LogP contribution in [0.4, 0.5) is 0 Å². The van der Waals surface area contributed by atoms with Crippen LogP contribution in [0.3, 0.4) is 0 Å². The minimum Gasteiger partial charge on any atom is -0.386 e. The molecule has 290 valence electrons. The van der Waals surface area contributed by atoms with E-state index in [2.05, 4.69) is 16.0 Å². The van der Waals surface area contributed by atoms with E-state index >= 15 is 0 Å². The molecule has 1 saturated heterocycles. The van der Waals surface area contributed by atoms with E-state index in [1.54, 1.807) is 52.0 Å². The number of likely N-dealkylation sites (tertiary alicyclic amines) is 1. The van der Waals surface area contributed by atoms with Crippen LogP contribution in [0.5, 0.6) is 0 Å². The first-order valence-corrected chi connectivity index (χ1v) is 18.7. The molecule has 1 unspecified atom stereocenters. The molecule has 0 bridgehead atoms. The van der Waals surface area contributed by atoms with E-state index in [9.17, 15) is 24.3 Å². The highest BCUT2D eigenvalue weighted by Crippen LogP contribution is 2.30. The fourth-order valence-corrected chi connectivity index (χ4v) is 7.42. The third-order valence-electron chi connectivity index (χ3n) is 10.7. The van der Waals surface area contributed by atoms with Gasteiger partial charge in [0.2, 0.25) is 23.6 Å². The second-order valence-corrected chi connectivity index (χ2v) is 15.0. The van der Waals surface area contributed by atoms with Crippen molar-refractivity contribution >= 4 is 23.6 Å². The van der Waals surface area contributed by atoms with Gasteiger partial charge in [0.15, 0.2) is 0 Å². The van der Waals surface area contributed by atoms with Gasteiger partial charge in [-0.25, -0.2) is 0 Å². The van der Waals surface area contributed by atoms with E-state index in [1.807, 2.05) is 71.9 Å². The Balaban J connectivity index is 2.24. The van der Waals surface area contributed by atoms with Gasteiger partial charge < -0.3 is 40.3 Å². The lowest BCUT2D eigenvalue weighted by atomic mass is 9.89. The van der Waals surface area contributed by atoms with E-state index in [0.717, 1.165) is 12.8 Å². The predicted molar refractivity (Wildman–Crippen MR) is 200 cm³/mol. The van der Waals surface area contributed by atoms with Crippen LogP contribution in [0, 0.1) is 23.7 Å². The van der Waals surface area contributed by atoms with Crippen LogP contribution < -0.4 is 16.0 Å². The molecule has 0 radical (unpaired) electrons. The van der Waals surface area contributed by atoms with Crippen molar-refractivity contribution in [3.8, 4) is 0 Å². The number of nitrogens with zero attached hydrogens (tertiary/aromatic N) is 2. The van der Waals surface area contributed by atoms with E-state index in [0.29, 0.717) is 18.5 Å². The molecule has 1 aromatic carbocycles. The zero-order chi connectivity index (χ0) is 38.6. The van der Waals surface area contributed by atoms with Crippen LogP contribution in [-0.4, -0.2) is 116 Å². The molecule has 4 N–H and O–H groups in total. The topological polar surface area (TPSA) is 150 Å². The number of amides is 4. The van der Waals surface area contributed by atoms with Crippen LogP contribution in [0.15, 0.2) is 30.3 Å². The molecular formula is C39H67N5O7. The molecule has 10 atom stereocenters. The predicted octanol–water partition coefficient (Wildman–Crippen LogP) is 3.53. The van der Waals surface area contributed by atoms with Crippen LogP contribution in [0.25, 0.3) is 0 Å². The number of methoxy groups -OCH3 is 2. The highest BCUT2D eigenvalue weighted by atomic mass is 16.5. The number of carbonyl (C=O) groups is 4. The van der Waals surface area contributed by atoms with Crippen molar-refractivity contribution in [3.05, 3.63) is 35.9 Å². The largest absolute Gasteiger partial charge is 0.386 e. The summed E-state index contributed by atoms with van der Waals surface area (Å²) in [7, 11) is 6.57. The number of likely N-dealkylation sites (N-methyl/N-ethyl adjacent to an activating group) is 2. The van der Waals surface area contributed by atoms with Crippen molar-refractivity contribution < 1.29 is 33.8 Å². The molecule has 12 heteroatoms. The monoisotopic (exact) mass is 718 g/mol. The van der Waals surface area contributed by atoms with Gasteiger partial charge in [-0.2, -0.15) is 0 Å². The number of ether oxygens (including phenoxy) is 2. The summed E-state index contributed by atoms with van der Waals surface area (Å²) < 4.78 is 11.9. The van der Waals surface area contributed by atoms with Crippen LogP contribution in [0.1, 0.15) is 92.7 Å². The number of hydrogen-bond donors (Lipinski definition) is 4. The smallest absolute Gasteiger partial charge is 0.245 e. The molecule has 51 heavy (non-hydrogen) atoms. The molecule has 0 aliphatic carbocycles. The Morgan fingerprint density at radius 3 is 2.04 bits per heavy atom. The van der Waals surface area contributed by atoms with Crippen molar-refractivity contribution in [3.63, 3.8) is 0 Å². The lowest BCUT2D eigenvalue weighted by molar-refractivity contribution is -0.148. The Labute approximate surface area is 306 Å². The lowest BCUT2D eigenvalue weighted by Gasteiger charge is -2.41. The average Bonchev–Trinajstić information content (AvgIpc) is 3.59. The van der Waals surface area contributed by atoms with Crippen molar-refractivity contribution in [1.29, 1.82) is 0 Å². The van der Waals surface area contributed by atoms with Crippen LogP contribution in [0.2, 0.25) is 0 Å². The summed E-state index contributed by atoms with van der Waals surface area (Å²) in [6, 6.07) is 6.67. The zero-order valence-corrected chi connectivity index (χ0v) is 33.1. The lowest BCUT2D eigenvalue weighted by Crippen LogP contribution is -2.59. The molecule has 1 fully saturated rings. The second kappa shape index (κ2) is 20.8. The second-order valence-electron chi connectivity index (χ2n) is 15.0. The van der Waals surface area contributed by atoms with E-state index in [1.165, 1.54) is 0 Å². The van der Waals surface area contributed by atoms with Gasteiger partial charge >= 0.3 is 0 Å². The number of aliphatic hydroxyl groups excluding tert-OH is 1. The maximum absolute atomic E-state index is 14.1. The van der Waals surface area contributed by atoms with Crippen molar-refractivity contribution in [2.24, 2.45) is 23.7 Å². The number of carbonyl (C=O) groups excluding carboxylic acids is 4. The SMILES string of the molecule is CC[C@H](C)[C@@H]([C@@H](CC(=O)N1CCC[C@H]1C(OC)[C@@H](C)C(=O)N[C@H](C)[C@@H](O)c1ccccc1)OC)N(C)C(=O)[C@@H](NC(=O)[C@@H](NC)C(C)C)C(C)C. The molecule has 0 saturated carbocycles. The van der Waals surface area contributed by atoms with Gasteiger partial charge in [0, 0.05) is 27.8 Å². The number of nitrogens with one attached hydrogen (secondary N) is 3. The normalized spacial score (nSPS) is 20.1. The van der Waals surface area contributed by atoms with Gasteiger partial charge in [-0.05, 0) is 50.1 Å². The summed E-state index contributed by atoms with van der Waals surface area (Å²) in [5.74, 6) is -1.62. The molecule has 12 nitrogen and oxygen atoms in total. The fourth-order valence-electron chi connectivity index (χ4n) is 7.42. The first kappa shape index (κ1) is 44.1. The average molecular weight is 718 g/mol. The summed E-state index contributed by atoms with van der Waals surface area (Å²) in [5.41, 5.74) is 0.711. The minimum absolute atomic E-state index is 0.0148. The third kappa shape index (κ3) is 11.5. The summed E-state index contributed by atoms with van der Waals surface area (Å²) in [5, 5.41) is 19.8. The Kier molecular flexibility index (Phi) is 18.0. The number of rotatable bonds is 20. The first-order valence-electron chi connectivity index (χ1n) is 18.7. The maximum atomic E-state index is 14.1. The molecule has 1 aromatic rings. The van der Waals surface area contributed by atoms with Crippen LogP contribution in [-0.2, 0) is 28.7 Å². The molecule has 0 aromatic heterocycles. The molecule has 4 amide bonds. The Hall–Kier alpha value is -3.06. The van der Waals surface area contributed by atoms with Crippen molar-refractivity contribution in [1.82, 2.24) is 25.8 Å². The minimum atomic E-state index is -0.875. The molecule has 0 spiro atoms. The van der Waals surface area contributed by atoms with E-state index < -0.39 is 48.4 Å². The Morgan fingerprint density at radius 2 is 1.53 bits per heavy atom. The van der Waals surface area contributed by atoms with Crippen molar-refractivity contribution in [2.45, 2.75) is 130 Å². The number of hydrogen-bond acceptors (Lipinski definition) is 8. The highest BCUT2D eigenvalue weighted by Gasteiger charge is 2.43. The molecule has 2 rings (SSSR count). The number of aliphatic hydroxyl groups is 1. The Bertz CT molecular complexity index is 1250. The van der Waals surface area contributed by atoms with Gasteiger partial charge in [0.1, 0.15) is 6.04 Å². The zero-order valence-electron chi connectivity index (χ0n) is 33.1. The third-order valence-corrected chi connectivity index (χ3v) is 10.7. The van der Waals surface area contributed by atoms with Gasteiger partial charge in [-0.1, -0.05) is 85.2 Å². The van der Waals surface area contributed by atoms with E-state index in [4.69, 9.17) is 9.47 Å².